The van der Waals surface area contributed by atoms with Crippen molar-refractivity contribution < 1.29 is 22.4 Å². The van der Waals surface area contributed by atoms with Gasteiger partial charge in [0.05, 0.1) is 0 Å². The Bertz CT molecular complexity index is 197. The molecule has 1 aliphatic heterocycles. The van der Waals surface area contributed by atoms with Gasteiger partial charge >= 0.3 is 110 Å². The van der Waals surface area contributed by atoms with Crippen molar-refractivity contribution in [3.63, 3.8) is 0 Å². The predicted molar refractivity (Wildman–Crippen MR) is 85.6 cm³/mol. The van der Waals surface area contributed by atoms with Gasteiger partial charge in [-0.25, -0.2) is 0 Å². The van der Waals surface area contributed by atoms with E-state index in [-0.39, 0.29) is 22.4 Å². The average Bonchev–Trinajstić information content (AvgIpc) is 2.64. The molecule has 17 heavy (non-hydrogen) atoms. The van der Waals surface area contributed by atoms with Crippen LogP contribution in [0.2, 0.25) is 0 Å². The van der Waals surface area contributed by atoms with E-state index in [9.17, 15) is 0 Å². The molecule has 1 heterocycles. The summed E-state index contributed by atoms with van der Waals surface area (Å²) in [4.78, 5) is 0. The predicted octanol–water partition coefficient (Wildman–Crippen LogP) is 4.23. The van der Waals surface area contributed by atoms with Gasteiger partial charge in [0.25, 0.3) is 0 Å². The fourth-order valence-electron chi connectivity index (χ4n) is 3.07. The summed E-state index contributed by atoms with van der Waals surface area (Å²) < 4.78 is 0.666. The third-order valence-electron chi connectivity index (χ3n) is 3.70. The van der Waals surface area contributed by atoms with E-state index >= 15 is 0 Å². The molecule has 0 amide bonds. The van der Waals surface area contributed by atoms with E-state index in [0.717, 1.165) is 17.0 Å². The van der Waals surface area contributed by atoms with E-state index in [4.69, 9.17) is 0 Å². The Balaban J connectivity index is 0.00000256. The van der Waals surface area contributed by atoms with Crippen molar-refractivity contribution in [3.8, 4) is 0 Å². The molecule has 1 saturated heterocycles. The summed E-state index contributed by atoms with van der Waals surface area (Å²) in [5.41, 5.74) is 2.58. The van der Waals surface area contributed by atoms with Gasteiger partial charge in [-0.15, -0.1) is 0 Å². The molecule has 0 bridgehead atoms. The molecule has 1 radical (unpaired) electrons. The molecule has 109 valence electrons. The molecule has 0 spiro atoms. The summed E-state index contributed by atoms with van der Waals surface area (Å²) in [6.45, 7) is 14.6. The number of rotatable bonds is 5. The minimum absolute atomic E-state index is 0. The molecule has 0 aromatic carbocycles. The fourth-order valence-corrected chi connectivity index (χ4v) is 15.6. The molecule has 1 fully saturated rings. The fraction of sp³-hybridized carbons (Fsp3) is 1.00. The van der Waals surface area contributed by atoms with Crippen LogP contribution in [0.15, 0.2) is 0 Å². The van der Waals surface area contributed by atoms with Gasteiger partial charge in [0.2, 0.25) is 0 Å². The van der Waals surface area contributed by atoms with Gasteiger partial charge in [-0.05, 0) is 0 Å². The average molecular weight is 478 g/mol. The molecule has 5 heteroatoms. The smallest absolute Gasteiger partial charge is 0 e. The van der Waals surface area contributed by atoms with Gasteiger partial charge in [-0.1, -0.05) is 0 Å². The van der Waals surface area contributed by atoms with Crippen LogP contribution in [0.4, 0.5) is 0 Å². The van der Waals surface area contributed by atoms with Crippen LogP contribution in [0.1, 0.15) is 41.5 Å². The molecule has 1 atom stereocenters. The maximum atomic E-state index is 3.64. The Morgan fingerprint density at radius 2 is 1.53 bits per heavy atom. The third kappa shape index (κ3) is 4.41. The molecule has 0 aromatic heterocycles. The molecule has 1 aliphatic rings. The van der Waals surface area contributed by atoms with Crippen molar-refractivity contribution in [1.82, 2.24) is 5.32 Å². The largest absolute Gasteiger partial charge is 0 e. The van der Waals surface area contributed by atoms with Crippen molar-refractivity contribution >= 4 is 29.6 Å². The van der Waals surface area contributed by atoms with Crippen molar-refractivity contribution in [1.29, 1.82) is 0 Å². The van der Waals surface area contributed by atoms with Crippen LogP contribution in [-0.4, -0.2) is 34.0 Å². The molecule has 1 N–H and O–H groups in total. The Kier molecular flexibility index (Phi) is 9.07. The Hall–Kier alpha value is 1.83. The number of hydrogen-bond acceptors (Lipinski definition) is 3. The molecule has 1 unspecified atom stereocenters. The van der Waals surface area contributed by atoms with Crippen molar-refractivity contribution in [2.24, 2.45) is 0 Å². The molecule has 0 aromatic rings. The monoisotopic (exact) mass is 478 g/mol. The van der Waals surface area contributed by atoms with E-state index in [1.54, 1.807) is 0 Å². The molecular formula is C12H28AuNPS2. The maximum absolute atomic E-state index is 3.64. The summed E-state index contributed by atoms with van der Waals surface area (Å²) in [5.74, 6) is 1.29. The normalized spacial score (nSPS) is 22.3. The van der Waals surface area contributed by atoms with Gasteiger partial charge < -0.3 is 0 Å². The number of thioether (sulfide) groups is 1. The molecule has 1 rings (SSSR count). The molecule has 0 aliphatic carbocycles. The Labute approximate surface area is 132 Å². The van der Waals surface area contributed by atoms with E-state index < -0.39 is 6.46 Å². The van der Waals surface area contributed by atoms with Crippen molar-refractivity contribution in [3.05, 3.63) is 0 Å². The minimum atomic E-state index is -1.26. The first-order valence-corrected chi connectivity index (χ1v) is 11.3. The van der Waals surface area contributed by atoms with E-state index in [2.05, 4.69) is 70.0 Å². The van der Waals surface area contributed by atoms with Gasteiger partial charge in [0.1, 0.15) is 0 Å². The Morgan fingerprint density at radius 3 is 1.82 bits per heavy atom. The second-order valence-corrected chi connectivity index (χ2v) is 15.8. The molecular weight excluding hydrogens is 450 g/mol. The second-order valence-electron chi connectivity index (χ2n) is 5.59. The van der Waals surface area contributed by atoms with Crippen LogP contribution in [0.5, 0.6) is 0 Å². The maximum Gasteiger partial charge on any atom is 0 e. The summed E-state index contributed by atoms with van der Waals surface area (Å²) in [7, 11) is 0. The summed E-state index contributed by atoms with van der Waals surface area (Å²) in [6, 6.07) is 0. The Morgan fingerprint density at radius 1 is 1.06 bits per heavy atom. The van der Waals surface area contributed by atoms with E-state index in [1.165, 1.54) is 12.3 Å². The first kappa shape index (κ1) is 18.8. The molecule has 0 saturated carbocycles. The standard InChI is InChI=1S/C12H28NPS2.Au/c1-9(2)14(10(3)4,11(5)6)16-12-13-7-8-15-12;/h9-14H,7-8H2,1-6H3;. The minimum Gasteiger partial charge on any atom is 0 e. The zero-order chi connectivity index (χ0) is 12.3. The summed E-state index contributed by atoms with van der Waals surface area (Å²) >= 11 is 4.42. The van der Waals surface area contributed by atoms with Gasteiger partial charge in [-0.2, -0.15) is 0 Å². The zero-order valence-electron chi connectivity index (χ0n) is 11.8. The topological polar surface area (TPSA) is 12.0 Å². The molecule has 1 nitrogen and oxygen atoms in total. The van der Waals surface area contributed by atoms with Crippen LogP contribution in [0.25, 0.3) is 0 Å². The van der Waals surface area contributed by atoms with Crippen LogP contribution < -0.4 is 5.32 Å². The van der Waals surface area contributed by atoms with Crippen LogP contribution in [-0.2, 0) is 22.4 Å². The van der Waals surface area contributed by atoms with E-state index in [0.29, 0.717) is 4.71 Å². The zero-order valence-corrected chi connectivity index (χ0v) is 16.6. The van der Waals surface area contributed by atoms with Crippen LogP contribution in [0.3, 0.4) is 0 Å². The van der Waals surface area contributed by atoms with Crippen molar-refractivity contribution in [2.45, 2.75) is 63.2 Å². The second kappa shape index (κ2) is 8.19. The number of hydrogen-bond donors (Lipinski definition) is 1. The number of nitrogens with one attached hydrogen (secondary N) is 1. The first-order valence-electron chi connectivity index (χ1n) is 6.44. The third-order valence-corrected chi connectivity index (χ3v) is 18.2. The van der Waals surface area contributed by atoms with Crippen molar-refractivity contribution in [2.75, 3.05) is 12.3 Å². The quantitative estimate of drug-likeness (QED) is 0.470. The van der Waals surface area contributed by atoms with Gasteiger partial charge in [-0.3, -0.25) is 0 Å². The van der Waals surface area contributed by atoms with Gasteiger partial charge in [0.15, 0.2) is 0 Å². The van der Waals surface area contributed by atoms with Crippen LogP contribution in [0, 0.1) is 0 Å². The van der Waals surface area contributed by atoms with Gasteiger partial charge in [0, 0.05) is 22.4 Å². The summed E-state index contributed by atoms with van der Waals surface area (Å²) in [6.07, 6.45) is 0. The summed E-state index contributed by atoms with van der Waals surface area (Å²) in [5, 5.41) is 3.64. The first-order chi connectivity index (χ1) is 7.41. The van der Waals surface area contributed by atoms with E-state index in [1.807, 2.05) is 0 Å². The SMILES string of the molecule is CC(C)[PH](SC1NCCS1)(C(C)C)C(C)C.[Au]. The van der Waals surface area contributed by atoms with Crippen LogP contribution >= 0.6 is 29.6 Å².